The largest absolute Gasteiger partial charge is 0.508 e. The van der Waals surface area contributed by atoms with E-state index in [0.29, 0.717) is 6.42 Å². The number of hydrogen-bond donors (Lipinski definition) is 3. The fraction of sp³-hybridized carbons (Fsp3) is 0.500. The normalized spacial score (nSPS) is 13.8. The number of carbonyl (C=O) groups excluding carboxylic acids is 1. The summed E-state index contributed by atoms with van der Waals surface area (Å²) < 4.78 is 0. The third kappa shape index (κ3) is 5.98. The van der Waals surface area contributed by atoms with Gasteiger partial charge in [0, 0.05) is 6.04 Å². The van der Waals surface area contributed by atoms with E-state index in [9.17, 15) is 9.90 Å². The number of carbonyl (C=O) groups is 1. The summed E-state index contributed by atoms with van der Waals surface area (Å²) in [7, 11) is 0. The summed E-state index contributed by atoms with van der Waals surface area (Å²) in [4.78, 5) is 11.9. The molecule has 19 heavy (non-hydrogen) atoms. The molecule has 4 nitrogen and oxygen atoms in total. The second-order valence-corrected chi connectivity index (χ2v) is 5.65. The second-order valence-electron chi connectivity index (χ2n) is 4.67. The quantitative estimate of drug-likeness (QED) is 0.709. The summed E-state index contributed by atoms with van der Waals surface area (Å²) >= 11 is 1.76. The molecule has 2 atom stereocenters. The van der Waals surface area contributed by atoms with Crippen molar-refractivity contribution in [3.63, 3.8) is 0 Å². The van der Waals surface area contributed by atoms with Crippen molar-refractivity contribution in [1.82, 2.24) is 5.32 Å². The van der Waals surface area contributed by atoms with Crippen molar-refractivity contribution in [2.24, 2.45) is 5.73 Å². The van der Waals surface area contributed by atoms with E-state index < -0.39 is 6.04 Å². The minimum absolute atomic E-state index is 0.123. The first-order valence-corrected chi connectivity index (χ1v) is 7.75. The standard InChI is InChI=1S/C14H22N2O2S/c1-10(7-8-19-2)16-14(18)13(15)9-11-3-5-12(17)6-4-11/h3-6,10,13,17H,7-9,15H2,1-2H3,(H,16,18)/t10?,13-/m0/s1. The van der Waals surface area contributed by atoms with E-state index >= 15 is 0 Å². The number of nitrogens with two attached hydrogens (primary N) is 1. The lowest BCUT2D eigenvalue weighted by Gasteiger charge is -2.17. The van der Waals surface area contributed by atoms with E-state index in [1.54, 1.807) is 36.0 Å². The van der Waals surface area contributed by atoms with Gasteiger partial charge in [-0.05, 0) is 49.5 Å². The number of phenols is 1. The average molecular weight is 282 g/mol. The Labute approximate surface area is 118 Å². The van der Waals surface area contributed by atoms with Gasteiger partial charge >= 0.3 is 0 Å². The second kappa shape index (κ2) is 8.07. The van der Waals surface area contributed by atoms with Crippen LogP contribution in [0.5, 0.6) is 5.75 Å². The highest BCUT2D eigenvalue weighted by atomic mass is 32.2. The maximum Gasteiger partial charge on any atom is 0.237 e. The first-order chi connectivity index (χ1) is 9.02. The van der Waals surface area contributed by atoms with Crippen LogP contribution >= 0.6 is 11.8 Å². The van der Waals surface area contributed by atoms with Gasteiger partial charge in [0.2, 0.25) is 5.91 Å². The fourth-order valence-electron chi connectivity index (χ4n) is 1.70. The molecular formula is C14H22N2O2S. The summed E-state index contributed by atoms with van der Waals surface area (Å²) in [6, 6.07) is 6.34. The molecule has 1 unspecified atom stereocenters. The minimum Gasteiger partial charge on any atom is -0.508 e. The predicted octanol–water partition coefficient (Wildman–Crippen LogP) is 1.52. The lowest BCUT2D eigenvalue weighted by Crippen LogP contribution is -2.45. The van der Waals surface area contributed by atoms with Gasteiger partial charge < -0.3 is 16.2 Å². The SMILES string of the molecule is CSCCC(C)NC(=O)[C@@H](N)Cc1ccc(O)cc1. The Kier molecular flexibility index (Phi) is 6.73. The smallest absolute Gasteiger partial charge is 0.237 e. The van der Waals surface area contributed by atoms with E-state index in [1.165, 1.54) is 0 Å². The monoisotopic (exact) mass is 282 g/mol. The molecule has 0 saturated carbocycles. The van der Waals surface area contributed by atoms with Crippen molar-refractivity contribution in [3.8, 4) is 5.75 Å². The first kappa shape index (κ1) is 15.9. The zero-order chi connectivity index (χ0) is 14.3. The number of amides is 1. The topological polar surface area (TPSA) is 75.4 Å². The third-order valence-corrected chi connectivity index (χ3v) is 3.52. The molecule has 0 aromatic heterocycles. The van der Waals surface area contributed by atoms with Gasteiger partial charge in [-0.25, -0.2) is 0 Å². The predicted molar refractivity (Wildman–Crippen MR) is 80.4 cm³/mol. The van der Waals surface area contributed by atoms with E-state index in [1.807, 2.05) is 13.2 Å². The van der Waals surface area contributed by atoms with Crippen LogP contribution in [-0.4, -0.2) is 35.1 Å². The van der Waals surface area contributed by atoms with Gasteiger partial charge in [0.1, 0.15) is 5.75 Å². The van der Waals surface area contributed by atoms with E-state index in [-0.39, 0.29) is 17.7 Å². The molecule has 0 aliphatic heterocycles. The van der Waals surface area contributed by atoms with Crippen molar-refractivity contribution in [3.05, 3.63) is 29.8 Å². The number of aromatic hydroxyl groups is 1. The van der Waals surface area contributed by atoms with Crippen LogP contribution in [0.4, 0.5) is 0 Å². The molecule has 0 radical (unpaired) electrons. The van der Waals surface area contributed by atoms with Crippen molar-refractivity contribution >= 4 is 17.7 Å². The van der Waals surface area contributed by atoms with Crippen LogP contribution in [0.25, 0.3) is 0 Å². The number of rotatable bonds is 7. The lowest BCUT2D eigenvalue weighted by molar-refractivity contribution is -0.122. The molecule has 5 heteroatoms. The molecule has 4 N–H and O–H groups in total. The van der Waals surface area contributed by atoms with Crippen molar-refractivity contribution in [2.45, 2.75) is 31.8 Å². The molecule has 0 spiro atoms. The van der Waals surface area contributed by atoms with Crippen LogP contribution < -0.4 is 11.1 Å². The molecule has 1 rings (SSSR count). The Balaban J connectivity index is 2.42. The molecule has 106 valence electrons. The molecule has 1 aromatic rings. The summed E-state index contributed by atoms with van der Waals surface area (Å²) in [5.41, 5.74) is 6.83. The average Bonchev–Trinajstić information content (AvgIpc) is 2.39. The molecule has 0 heterocycles. The summed E-state index contributed by atoms with van der Waals surface area (Å²) in [5.74, 6) is 1.11. The zero-order valence-electron chi connectivity index (χ0n) is 11.4. The third-order valence-electron chi connectivity index (χ3n) is 2.87. The van der Waals surface area contributed by atoms with E-state index in [2.05, 4.69) is 5.32 Å². The van der Waals surface area contributed by atoms with Gasteiger partial charge in [0.05, 0.1) is 6.04 Å². The molecule has 1 amide bonds. The molecule has 0 aliphatic rings. The van der Waals surface area contributed by atoms with Crippen LogP contribution in [0.1, 0.15) is 18.9 Å². The van der Waals surface area contributed by atoms with E-state index in [0.717, 1.165) is 17.7 Å². The zero-order valence-corrected chi connectivity index (χ0v) is 12.2. The van der Waals surface area contributed by atoms with Gasteiger partial charge in [-0.1, -0.05) is 12.1 Å². The molecule has 0 aliphatic carbocycles. The summed E-state index contributed by atoms with van der Waals surface area (Å²) in [6.07, 6.45) is 3.46. The number of thioether (sulfide) groups is 1. The van der Waals surface area contributed by atoms with Crippen LogP contribution in [-0.2, 0) is 11.2 Å². The highest BCUT2D eigenvalue weighted by Crippen LogP contribution is 2.11. The molecular weight excluding hydrogens is 260 g/mol. The number of phenolic OH excluding ortho intramolecular Hbond substituents is 1. The molecule has 0 saturated heterocycles. The number of benzene rings is 1. The molecule has 1 aromatic carbocycles. The van der Waals surface area contributed by atoms with Crippen molar-refractivity contribution in [1.29, 1.82) is 0 Å². The first-order valence-electron chi connectivity index (χ1n) is 6.35. The highest BCUT2D eigenvalue weighted by molar-refractivity contribution is 7.98. The van der Waals surface area contributed by atoms with Gasteiger partial charge in [0.25, 0.3) is 0 Å². The summed E-state index contributed by atoms with van der Waals surface area (Å²) in [6.45, 7) is 1.99. The Morgan fingerprint density at radius 3 is 2.63 bits per heavy atom. The Bertz CT molecular complexity index is 395. The Hall–Kier alpha value is -1.20. The van der Waals surface area contributed by atoms with Crippen molar-refractivity contribution < 1.29 is 9.90 Å². The van der Waals surface area contributed by atoms with Gasteiger partial charge in [0.15, 0.2) is 0 Å². The Morgan fingerprint density at radius 2 is 2.05 bits per heavy atom. The van der Waals surface area contributed by atoms with Gasteiger partial charge in [-0.2, -0.15) is 11.8 Å². The van der Waals surface area contributed by atoms with Gasteiger partial charge in [-0.15, -0.1) is 0 Å². The summed E-state index contributed by atoms with van der Waals surface area (Å²) in [5, 5.41) is 12.1. The van der Waals surface area contributed by atoms with Crippen LogP contribution in [0.2, 0.25) is 0 Å². The van der Waals surface area contributed by atoms with Gasteiger partial charge in [-0.3, -0.25) is 4.79 Å². The van der Waals surface area contributed by atoms with Crippen LogP contribution in [0.3, 0.4) is 0 Å². The Morgan fingerprint density at radius 1 is 1.42 bits per heavy atom. The maximum atomic E-state index is 11.9. The minimum atomic E-state index is -0.554. The maximum absolute atomic E-state index is 11.9. The van der Waals surface area contributed by atoms with Crippen LogP contribution in [0, 0.1) is 0 Å². The van der Waals surface area contributed by atoms with Crippen LogP contribution in [0.15, 0.2) is 24.3 Å². The fourth-order valence-corrected chi connectivity index (χ4v) is 2.28. The lowest BCUT2D eigenvalue weighted by atomic mass is 10.1. The molecule has 0 bridgehead atoms. The molecule has 0 fully saturated rings. The highest BCUT2D eigenvalue weighted by Gasteiger charge is 2.16. The van der Waals surface area contributed by atoms with Crippen molar-refractivity contribution in [2.75, 3.05) is 12.0 Å². The number of hydrogen-bond acceptors (Lipinski definition) is 4. The van der Waals surface area contributed by atoms with E-state index in [4.69, 9.17) is 5.73 Å². The number of nitrogens with one attached hydrogen (secondary N) is 1.